The molecule has 0 spiro atoms. The van der Waals surface area contributed by atoms with Crippen LogP contribution in [0.3, 0.4) is 0 Å². The Labute approximate surface area is 136 Å². The van der Waals surface area contributed by atoms with Gasteiger partial charge in [-0.15, -0.1) is 0 Å². The summed E-state index contributed by atoms with van der Waals surface area (Å²) in [7, 11) is 0. The Morgan fingerprint density at radius 1 is 1.26 bits per heavy atom. The molecule has 5 nitrogen and oxygen atoms in total. The number of aromatic nitrogens is 5. The average molecular weight is 307 g/mol. The van der Waals surface area contributed by atoms with E-state index in [2.05, 4.69) is 49.1 Å². The molecule has 3 heterocycles. The van der Waals surface area contributed by atoms with Gasteiger partial charge in [0.2, 0.25) is 0 Å². The van der Waals surface area contributed by atoms with E-state index in [0.717, 1.165) is 34.6 Å². The van der Waals surface area contributed by atoms with Crippen molar-refractivity contribution in [3.8, 4) is 11.3 Å². The van der Waals surface area contributed by atoms with E-state index in [1.807, 2.05) is 29.3 Å². The molecule has 0 aromatic carbocycles. The van der Waals surface area contributed by atoms with Crippen LogP contribution in [0.2, 0.25) is 0 Å². The van der Waals surface area contributed by atoms with Crippen LogP contribution < -0.4 is 0 Å². The van der Waals surface area contributed by atoms with Gasteiger partial charge >= 0.3 is 0 Å². The second-order valence-electron chi connectivity index (χ2n) is 6.86. The monoisotopic (exact) mass is 307 g/mol. The van der Waals surface area contributed by atoms with E-state index < -0.39 is 0 Å². The number of nitrogens with zero attached hydrogens (tertiary/aromatic N) is 5. The lowest BCUT2D eigenvalue weighted by Gasteiger charge is -2.19. The van der Waals surface area contributed by atoms with Crippen molar-refractivity contribution in [2.24, 2.45) is 5.41 Å². The van der Waals surface area contributed by atoms with Crippen LogP contribution >= 0.6 is 0 Å². The van der Waals surface area contributed by atoms with Crippen LogP contribution in [0.15, 0.2) is 44.0 Å². The second-order valence-corrected chi connectivity index (χ2v) is 6.86. The Kier molecular flexibility index (Phi) is 3.64. The predicted molar refractivity (Wildman–Crippen MR) is 93.7 cm³/mol. The minimum absolute atomic E-state index is 0.170. The fraction of sp³-hybridized carbons (Fsp3) is 0.278. The van der Waals surface area contributed by atoms with Gasteiger partial charge in [0.15, 0.2) is 0 Å². The minimum atomic E-state index is 0.170. The van der Waals surface area contributed by atoms with Crippen LogP contribution in [0.5, 0.6) is 0 Å². The van der Waals surface area contributed by atoms with Gasteiger partial charge in [0.1, 0.15) is 0 Å². The molecule has 0 bridgehead atoms. The molecule has 0 radical (unpaired) electrons. The molecule has 5 heteroatoms. The molecule has 3 aromatic heterocycles. The zero-order valence-corrected chi connectivity index (χ0v) is 13.8. The first-order valence-electron chi connectivity index (χ1n) is 7.57. The maximum atomic E-state index is 4.65. The molecule has 3 aromatic rings. The van der Waals surface area contributed by atoms with Crippen molar-refractivity contribution in [2.45, 2.75) is 27.2 Å². The zero-order chi connectivity index (χ0) is 16.6. The Hall–Kier alpha value is -2.69. The summed E-state index contributed by atoms with van der Waals surface area (Å²) in [5.74, 6) is 0. The second kappa shape index (κ2) is 5.50. The largest absolute Gasteiger partial charge is 0.245 e. The maximum Gasteiger partial charge on any atom is 0.0999 e. The molecule has 0 aliphatic rings. The van der Waals surface area contributed by atoms with Crippen LogP contribution in [0, 0.1) is 5.41 Å². The van der Waals surface area contributed by atoms with Gasteiger partial charge < -0.3 is 0 Å². The van der Waals surface area contributed by atoms with Crippen molar-refractivity contribution in [2.75, 3.05) is 0 Å². The summed E-state index contributed by atoms with van der Waals surface area (Å²) < 4.78 is 3.64. The summed E-state index contributed by atoms with van der Waals surface area (Å²) in [5.41, 5.74) is 4.63. The zero-order valence-electron chi connectivity index (χ0n) is 13.8. The average Bonchev–Trinajstić information content (AvgIpc) is 3.13. The number of hydrogen-bond acceptors (Lipinski definition) is 3. The van der Waals surface area contributed by atoms with Gasteiger partial charge in [-0.25, -0.2) is 14.2 Å². The highest BCUT2D eigenvalue weighted by molar-refractivity contribution is 5.77. The molecular weight excluding hydrogens is 286 g/mol. The van der Waals surface area contributed by atoms with Crippen molar-refractivity contribution in [1.82, 2.24) is 24.4 Å². The fourth-order valence-corrected chi connectivity index (χ4v) is 2.57. The Morgan fingerprint density at radius 3 is 2.74 bits per heavy atom. The topological polar surface area (TPSA) is 48.0 Å². The van der Waals surface area contributed by atoms with E-state index in [1.165, 1.54) is 0 Å². The number of rotatable bonds is 4. The normalized spacial score (nSPS) is 11.8. The number of allylic oxidation sites excluding steroid dienone is 1. The summed E-state index contributed by atoms with van der Waals surface area (Å²) >= 11 is 0. The van der Waals surface area contributed by atoms with E-state index in [4.69, 9.17) is 0 Å². The van der Waals surface area contributed by atoms with E-state index >= 15 is 0 Å². The quantitative estimate of drug-likeness (QED) is 0.727. The SMILES string of the molecule is C=Cc1cn2nccc2c(-c2cnn(C(=C)CC(C)(C)C)c2)n1. The van der Waals surface area contributed by atoms with Crippen LogP contribution in [0.4, 0.5) is 0 Å². The molecule has 0 fully saturated rings. The molecule has 0 N–H and O–H groups in total. The van der Waals surface area contributed by atoms with Crippen LogP contribution in [-0.4, -0.2) is 24.4 Å². The molecule has 3 rings (SSSR count). The first-order valence-corrected chi connectivity index (χ1v) is 7.57. The maximum absolute atomic E-state index is 4.65. The fourth-order valence-electron chi connectivity index (χ4n) is 2.57. The van der Waals surface area contributed by atoms with Gasteiger partial charge in [-0.2, -0.15) is 10.2 Å². The van der Waals surface area contributed by atoms with Crippen LogP contribution in [0.1, 0.15) is 32.9 Å². The van der Waals surface area contributed by atoms with E-state index in [-0.39, 0.29) is 5.41 Å². The minimum Gasteiger partial charge on any atom is -0.245 e. The van der Waals surface area contributed by atoms with Crippen molar-refractivity contribution in [3.63, 3.8) is 0 Å². The van der Waals surface area contributed by atoms with Gasteiger partial charge in [0.25, 0.3) is 0 Å². The Bertz CT molecular complexity index is 876. The third-order valence-corrected chi connectivity index (χ3v) is 3.53. The lowest BCUT2D eigenvalue weighted by Crippen LogP contribution is -2.09. The Balaban J connectivity index is 2.02. The standard InChI is InChI=1S/C18H21N5/c1-6-15-12-23-16(7-8-19-23)17(21-15)14-10-20-22(11-14)13(2)9-18(3,4)5/h6-8,10-12H,1-2,9H2,3-5H3. The molecule has 23 heavy (non-hydrogen) atoms. The third kappa shape index (κ3) is 3.08. The summed E-state index contributed by atoms with van der Waals surface area (Å²) in [4.78, 5) is 4.65. The highest BCUT2D eigenvalue weighted by Gasteiger charge is 2.15. The Morgan fingerprint density at radius 2 is 2.04 bits per heavy atom. The molecule has 0 aliphatic carbocycles. The highest BCUT2D eigenvalue weighted by Crippen LogP contribution is 2.28. The van der Waals surface area contributed by atoms with Crippen molar-refractivity contribution >= 4 is 17.3 Å². The van der Waals surface area contributed by atoms with E-state index in [1.54, 1.807) is 16.8 Å². The van der Waals surface area contributed by atoms with Crippen molar-refractivity contribution in [3.05, 3.63) is 49.7 Å². The van der Waals surface area contributed by atoms with Crippen LogP contribution in [-0.2, 0) is 0 Å². The van der Waals surface area contributed by atoms with Gasteiger partial charge in [0, 0.05) is 17.5 Å². The van der Waals surface area contributed by atoms with Crippen molar-refractivity contribution in [1.29, 1.82) is 0 Å². The highest BCUT2D eigenvalue weighted by atomic mass is 15.3. The lowest BCUT2D eigenvalue weighted by molar-refractivity contribution is 0.419. The first-order chi connectivity index (χ1) is 10.9. The smallest absolute Gasteiger partial charge is 0.0999 e. The molecule has 0 amide bonds. The number of fused-ring (bicyclic) bond motifs is 1. The van der Waals surface area contributed by atoms with Gasteiger partial charge in [-0.1, -0.05) is 33.9 Å². The summed E-state index contributed by atoms with van der Waals surface area (Å²) in [5, 5.41) is 8.73. The van der Waals surface area contributed by atoms with Gasteiger partial charge in [0.05, 0.1) is 35.5 Å². The predicted octanol–water partition coefficient (Wildman–Crippen LogP) is 4.14. The van der Waals surface area contributed by atoms with E-state index in [0.29, 0.717) is 0 Å². The molecule has 0 saturated carbocycles. The molecule has 0 unspecified atom stereocenters. The van der Waals surface area contributed by atoms with Crippen molar-refractivity contribution < 1.29 is 0 Å². The first kappa shape index (κ1) is 15.2. The third-order valence-electron chi connectivity index (χ3n) is 3.53. The summed E-state index contributed by atoms with van der Waals surface area (Å²) in [6, 6.07) is 1.94. The molecule has 0 atom stereocenters. The van der Waals surface area contributed by atoms with E-state index in [9.17, 15) is 0 Å². The van der Waals surface area contributed by atoms with Gasteiger partial charge in [-0.3, -0.25) is 0 Å². The molecule has 118 valence electrons. The van der Waals surface area contributed by atoms with Crippen LogP contribution in [0.25, 0.3) is 28.5 Å². The number of hydrogen-bond donors (Lipinski definition) is 0. The van der Waals surface area contributed by atoms with Gasteiger partial charge in [-0.05, 0) is 24.0 Å². The molecule has 0 aliphatic heterocycles. The lowest BCUT2D eigenvalue weighted by atomic mass is 9.91. The summed E-state index contributed by atoms with van der Waals surface area (Å²) in [6.45, 7) is 14.5. The summed E-state index contributed by atoms with van der Waals surface area (Å²) in [6.07, 6.45) is 9.99. The molecule has 0 saturated heterocycles. The molecular formula is C18H21N5.